The van der Waals surface area contributed by atoms with E-state index < -0.39 is 0 Å². The van der Waals surface area contributed by atoms with Crippen molar-refractivity contribution in [3.63, 3.8) is 0 Å². The van der Waals surface area contributed by atoms with Crippen LogP contribution in [0.2, 0.25) is 0 Å². The van der Waals surface area contributed by atoms with Gasteiger partial charge in [0.15, 0.2) is 0 Å². The second-order valence-electron chi connectivity index (χ2n) is 6.34. The Hall–Kier alpha value is -2.43. The second-order valence-corrected chi connectivity index (χ2v) is 6.34. The summed E-state index contributed by atoms with van der Waals surface area (Å²) in [6.45, 7) is 7.50. The third kappa shape index (κ3) is 3.98. The molecule has 25 heavy (non-hydrogen) atoms. The van der Waals surface area contributed by atoms with Crippen LogP contribution in [0.15, 0.2) is 36.5 Å². The third-order valence-electron chi connectivity index (χ3n) is 4.76. The molecule has 2 heterocycles. The van der Waals surface area contributed by atoms with E-state index in [1.165, 1.54) is 19.3 Å². The van der Waals surface area contributed by atoms with Crippen molar-refractivity contribution in [2.45, 2.75) is 33.1 Å². The Morgan fingerprint density at radius 3 is 2.36 bits per heavy atom. The van der Waals surface area contributed by atoms with Crippen LogP contribution in [0.25, 0.3) is 11.3 Å². The molecule has 0 bridgehead atoms. The number of anilines is 1. The van der Waals surface area contributed by atoms with Gasteiger partial charge in [-0.2, -0.15) is 0 Å². The van der Waals surface area contributed by atoms with E-state index in [2.05, 4.69) is 9.88 Å². The summed E-state index contributed by atoms with van der Waals surface area (Å²) in [5, 5.41) is 0. The van der Waals surface area contributed by atoms with Gasteiger partial charge in [0.2, 0.25) is 5.95 Å². The summed E-state index contributed by atoms with van der Waals surface area (Å²) >= 11 is 0. The maximum atomic E-state index is 12.4. The van der Waals surface area contributed by atoms with Crippen LogP contribution in [0, 0.1) is 0 Å². The number of carbonyl (C=O) groups excluding carboxylic acids is 1. The molecule has 0 N–H and O–H groups in total. The number of rotatable bonds is 5. The van der Waals surface area contributed by atoms with Crippen LogP contribution in [0.3, 0.4) is 0 Å². The van der Waals surface area contributed by atoms with Gasteiger partial charge in [0.25, 0.3) is 5.91 Å². The molecule has 1 aliphatic heterocycles. The first kappa shape index (κ1) is 17.4. The van der Waals surface area contributed by atoms with Gasteiger partial charge >= 0.3 is 0 Å². The van der Waals surface area contributed by atoms with Gasteiger partial charge in [-0.25, -0.2) is 9.97 Å². The topological polar surface area (TPSA) is 49.3 Å². The normalized spacial score (nSPS) is 14.4. The van der Waals surface area contributed by atoms with Gasteiger partial charge < -0.3 is 9.80 Å². The van der Waals surface area contributed by atoms with Crippen LogP contribution < -0.4 is 4.90 Å². The largest absolute Gasteiger partial charge is 0.341 e. The maximum Gasteiger partial charge on any atom is 0.253 e. The fourth-order valence-corrected chi connectivity index (χ4v) is 3.23. The predicted molar refractivity (Wildman–Crippen MR) is 101 cm³/mol. The molecule has 132 valence electrons. The van der Waals surface area contributed by atoms with Crippen LogP contribution in [-0.4, -0.2) is 47.0 Å². The molecule has 5 heteroatoms. The summed E-state index contributed by atoms with van der Waals surface area (Å²) in [6, 6.07) is 9.64. The molecule has 0 atom stereocenters. The standard InChI is InChI=1S/C20H26N4O/c1-3-23(4-2)19(25)17-10-8-16(9-11-17)18-12-13-21-20(22-18)24-14-6-5-7-15-24/h8-13H,3-7,14-15H2,1-2H3. The van der Waals surface area contributed by atoms with E-state index in [4.69, 9.17) is 4.98 Å². The molecule has 5 nitrogen and oxygen atoms in total. The molecule has 1 saturated heterocycles. The summed E-state index contributed by atoms with van der Waals surface area (Å²) in [7, 11) is 0. The molecule has 1 fully saturated rings. The zero-order valence-electron chi connectivity index (χ0n) is 15.1. The van der Waals surface area contributed by atoms with Crippen molar-refractivity contribution < 1.29 is 4.79 Å². The molecule has 0 aliphatic carbocycles. The van der Waals surface area contributed by atoms with E-state index in [1.54, 1.807) is 0 Å². The van der Waals surface area contributed by atoms with E-state index in [0.717, 1.165) is 48.9 Å². The smallest absolute Gasteiger partial charge is 0.253 e. The van der Waals surface area contributed by atoms with Gasteiger partial charge in [0, 0.05) is 43.5 Å². The molecule has 0 unspecified atom stereocenters. The minimum absolute atomic E-state index is 0.0771. The monoisotopic (exact) mass is 338 g/mol. The van der Waals surface area contributed by atoms with Gasteiger partial charge in [0.05, 0.1) is 5.69 Å². The maximum absolute atomic E-state index is 12.4. The van der Waals surface area contributed by atoms with Gasteiger partial charge in [-0.15, -0.1) is 0 Å². The van der Waals surface area contributed by atoms with Crippen LogP contribution in [0.5, 0.6) is 0 Å². The molecule has 1 aliphatic rings. The van der Waals surface area contributed by atoms with Crippen LogP contribution >= 0.6 is 0 Å². The second kappa shape index (κ2) is 8.10. The highest BCUT2D eigenvalue weighted by molar-refractivity contribution is 5.94. The molecule has 2 aromatic rings. The molecule has 3 rings (SSSR count). The Kier molecular flexibility index (Phi) is 5.64. The number of nitrogens with zero attached hydrogens (tertiary/aromatic N) is 4. The van der Waals surface area contributed by atoms with Crippen molar-refractivity contribution in [1.29, 1.82) is 0 Å². The lowest BCUT2D eigenvalue weighted by molar-refractivity contribution is 0.0773. The molecule has 0 saturated carbocycles. The average Bonchev–Trinajstić information content (AvgIpc) is 2.70. The van der Waals surface area contributed by atoms with E-state index in [1.807, 2.05) is 55.3 Å². The molecule has 1 amide bonds. The lowest BCUT2D eigenvalue weighted by atomic mass is 10.1. The van der Waals surface area contributed by atoms with E-state index in [9.17, 15) is 4.79 Å². The predicted octanol–water partition coefficient (Wildman–Crippen LogP) is 3.62. The molecule has 0 radical (unpaired) electrons. The first-order valence-corrected chi connectivity index (χ1v) is 9.20. The minimum Gasteiger partial charge on any atom is -0.341 e. The number of benzene rings is 1. The SMILES string of the molecule is CCN(CC)C(=O)c1ccc(-c2ccnc(N3CCCCC3)n2)cc1. The summed E-state index contributed by atoms with van der Waals surface area (Å²) in [6.07, 6.45) is 5.52. The van der Waals surface area contributed by atoms with Gasteiger partial charge in [-0.05, 0) is 51.3 Å². The summed E-state index contributed by atoms with van der Waals surface area (Å²) in [4.78, 5) is 25.7. The number of aromatic nitrogens is 2. The van der Waals surface area contributed by atoms with Crippen LogP contribution in [0.4, 0.5) is 5.95 Å². The van der Waals surface area contributed by atoms with Crippen molar-refractivity contribution in [2.24, 2.45) is 0 Å². The zero-order chi connectivity index (χ0) is 17.6. The van der Waals surface area contributed by atoms with Gasteiger partial charge in [0.1, 0.15) is 0 Å². The van der Waals surface area contributed by atoms with Crippen molar-refractivity contribution in [2.75, 3.05) is 31.1 Å². The van der Waals surface area contributed by atoms with Crippen molar-refractivity contribution >= 4 is 11.9 Å². The van der Waals surface area contributed by atoms with Crippen LogP contribution in [0.1, 0.15) is 43.5 Å². The van der Waals surface area contributed by atoms with E-state index in [-0.39, 0.29) is 5.91 Å². The molecule has 1 aromatic heterocycles. The number of hydrogen-bond acceptors (Lipinski definition) is 4. The van der Waals surface area contributed by atoms with E-state index >= 15 is 0 Å². The molecule has 1 aromatic carbocycles. The number of carbonyl (C=O) groups is 1. The van der Waals surface area contributed by atoms with Crippen LogP contribution in [-0.2, 0) is 0 Å². The lowest BCUT2D eigenvalue weighted by Gasteiger charge is -2.26. The van der Waals surface area contributed by atoms with Crippen molar-refractivity contribution in [3.8, 4) is 11.3 Å². The first-order chi connectivity index (χ1) is 12.2. The minimum atomic E-state index is 0.0771. The van der Waals surface area contributed by atoms with Gasteiger partial charge in [-0.1, -0.05) is 12.1 Å². The molecular formula is C20H26N4O. The summed E-state index contributed by atoms with van der Waals surface area (Å²) in [5.74, 6) is 0.883. The first-order valence-electron chi connectivity index (χ1n) is 9.20. The Balaban J connectivity index is 1.79. The number of piperidine rings is 1. The average molecular weight is 338 g/mol. The summed E-state index contributed by atoms with van der Waals surface area (Å²) < 4.78 is 0. The zero-order valence-corrected chi connectivity index (χ0v) is 15.1. The number of amides is 1. The highest BCUT2D eigenvalue weighted by atomic mass is 16.2. The highest BCUT2D eigenvalue weighted by Crippen LogP contribution is 2.22. The van der Waals surface area contributed by atoms with Crippen molar-refractivity contribution in [1.82, 2.24) is 14.9 Å². The fourth-order valence-electron chi connectivity index (χ4n) is 3.23. The molecule has 0 spiro atoms. The lowest BCUT2D eigenvalue weighted by Crippen LogP contribution is -2.31. The van der Waals surface area contributed by atoms with Crippen molar-refractivity contribution in [3.05, 3.63) is 42.1 Å². The highest BCUT2D eigenvalue weighted by Gasteiger charge is 2.15. The Morgan fingerprint density at radius 1 is 1.04 bits per heavy atom. The summed E-state index contributed by atoms with van der Waals surface area (Å²) in [5.41, 5.74) is 2.63. The van der Waals surface area contributed by atoms with E-state index in [0.29, 0.717) is 0 Å². The quantitative estimate of drug-likeness (QED) is 0.835. The van der Waals surface area contributed by atoms with Gasteiger partial charge in [-0.3, -0.25) is 4.79 Å². The Morgan fingerprint density at radius 2 is 1.72 bits per heavy atom. The third-order valence-corrected chi connectivity index (χ3v) is 4.76. The number of hydrogen-bond donors (Lipinski definition) is 0. The Bertz CT molecular complexity index is 704. The molecular weight excluding hydrogens is 312 g/mol. The Labute approximate surface area is 149 Å². The fraction of sp³-hybridized carbons (Fsp3) is 0.450.